The molecule has 2 N–H and O–H groups in total. The Labute approximate surface area is 162 Å². The van der Waals surface area contributed by atoms with Crippen molar-refractivity contribution in [2.45, 2.75) is 40.0 Å². The van der Waals surface area contributed by atoms with Gasteiger partial charge in [0.05, 0.1) is 12.3 Å². The first-order chi connectivity index (χ1) is 12.9. The van der Waals surface area contributed by atoms with Crippen molar-refractivity contribution in [3.05, 3.63) is 40.4 Å². The van der Waals surface area contributed by atoms with Gasteiger partial charge in [-0.05, 0) is 44.5 Å². The maximum Gasteiger partial charge on any atom is 0.350 e. The Bertz CT molecular complexity index is 815. The number of esters is 1. The monoisotopic (exact) mass is 389 g/mol. The van der Waals surface area contributed by atoms with Crippen molar-refractivity contribution in [2.24, 2.45) is 0 Å². The topological polar surface area (TPSA) is 97.4 Å². The van der Waals surface area contributed by atoms with Gasteiger partial charge in [0.25, 0.3) is 5.91 Å². The molecule has 0 bridgehead atoms. The third-order valence-corrected chi connectivity index (χ3v) is 4.72. The van der Waals surface area contributed by atoms with E-state index in [4.69, 9.17) is 4.74 Å². The summed E-state index contributed by atoms with van der Waals surface area (Å²) < 4.78 is 4.97. The largest absolute Gasteiger partial charge is 0.462 e. The Balaban J connectivity index is 1.99. The molecule has 1 aromatic heterocycles. The van der Waals surface area contributed by atoms with Crippen molar-refractivity contribution in [1.29, 1.82) is 0 Å². The molecule has 0 aliphatic heterocycles. The molecule has 0 aliphatic rings. The zero-order valence-corrected chi connectivity index (χ0v) is 16.4. The lowest BCUT2D eigenvalue weighted by atomic mass is 10.2. The van der Waals surface area contributed by atoms with Crippen LogP contribution < -0.4 is 10.6 Å². The Morgan fingerprint density at radius 1 is 1.11 bits per heavy atom. The molecule has 0 unspecified atom stereocenters. The number of anilines is 2. The van der Waals surface area contributed by atoms with Gasteiger partial charge in [0.15, 0.2) is 5.13 Å². The van der Waals surface area contributed by atoms with Gasteiger partial charge in [0.2, 0.25) is 5.91 Å². The fourth-order valence-electron chi connectivity index (χ4n) is 2.27. The normalized spacial score (nSPS) is 10.3. The van der Waals surface area contributed by atoms with Crippen molar-refractivity contribution in [3.8, 4) is 0 Å². The first kappa shape index (κ1) is 20.6. The second kappa shape index (κ2) is 9.82. The molecule has 7 nitrogen and oxygen atoms in total. The zero-order chi connectivity index (χ0) is 19.8. The minimum Gasteiger partial charge on any atom is -0.462 e. The third kappa shape index (κ3) is 5.89. The van der Waals surface area contributed by atoms with E-state index < -0.39 is 5.97 Å². The summed E-state index contributed by atoms with van der Waals surface area (Å²) in [5, 5.41) is 5.80. The van der Waals surface area contributed by atoms with Gasteiger partial charge in [-0.25, -0.2) is 9.78 Å². The maximum atomic E-state index is 12.4. The average Bonchev–Trinajstić information content (AvgIpc) is 3.01. The van der Waals surface area contributed by atoms with Crippen molar-refractivity contribution >= 4 is 39.9 Å². The van der Waals surface area contributed by atoms with Crippen molar-refractivity contribution in [3.63, 3.8) is 0 Å². The van der Waals surface area contributed by atoms with Gasteiger partial charge in [-0.2, -0.15) is 0 Å². The summed E-state index contributed by atoms with van der Waals surface area (Å²) in [7, 11) is 0. The number of aromatic nitrogens is 1. The highest BCUT2D eigenvalue weighted by molar-refractivity contribution is 7.17. The molecule has 0 fully saturated rings. The molecule has 0 saturated heterocycles. The number of aryl methyl sites for hydroxylation is 1. The third-order valence-electron chi connectivity index (χ3n) is 3.67. The van der Waals surface area contributed by atoms with E-state index in [1.165, 1.54) is 0 Å². The van der Waals surface area contributed by atoms with E-state index in [0.29, 0.717) is 33.4 Å². The second-order valence-electron chi connectivity index (χ2n) is 5.84. The average molecular weight is 389 g/mol. The van der Waals surface area contributed by atoms with Crippen LogP contribution in [0.25, 0.3) is 0 Å². The summed E-state index contributed by atoms with van der Waals surface area (Å²) in [6.45, 7) is 5.72. The van der Waals surface area contributed by atoms with Crippen LogP contribution in [-0.2, 0) is 9.53 Å². The van der Waals surface area contributed by atoms with Crippen LogP contribution in [0.2, 0.25) is 0 Å². The van der Waals surface area contributed by atoms with Crippen LogP contribution in [0.4, 0.5) is 10.8 Å². The Hall–Kier alpha value is -2.74. The van der Waals surface area contributed by atoms with Crippen LogP contribution in [0.1, 0.15) is 58.8 Å². The van der Waals surface area contributed by atoms with Gasteiger partial charge < -0.3 is 10.1 Å². The molecule has 0 spiro atoms. The fourth-order valence-corrected chi connectivity index (χ4v) is 3.13. The van der Waals surface area contributed by atoms with Crippen LogP contribution in [0.5, 0.6) is 0 Å². The molecular formula is C19H23N3O4S. The van der Waals surface area contributed by atoms with E-state index in [0.717, 1.165) is 24.2 Å². The molecular weight excluding hydrogens is 366 g/mol. The Morgan fingerprint density at radius 2 is 1.81 bits per heavy atom. The molecule has 0 saturated carbocycles. The van der Waals surface area contributed by atoms with Crippen molar-refractivity contribution in [2.75, 3.05) is 17.2 Å². The van der Waals surface area contributed by atoms with Crippen LogP contribution >= 0.6 is 11.3 Å². The van der Waals surface area contributed by atoms with E-state index in [1.807, 2.05) is 6.92 Å². The smallest absolute Gasteiger partial charge is 0.350 e. The fraction of sp³-hybridized carbons (Fsp3) is 0.368. The van der Waals surface area contributed by atoms with Crippen LogP contribution in [0.3, 0.4) is 0 Å². The number of amides is 2. The minimum atomic E-state index is -0.448. The molecule has 0 radical (unpaired) electrons. The van der Waals surface area contributed by atoms with Gasteiger partial charge in [-0.15, -0.1) is 0 Å². The van der Waals surface area contributed by atoms with E-state index in [2.05, 4.69) is 15.6 Å². The summed E-state index contributed by atoms with van der Waals surface area (Å²) in [5.41, 5.74) is 1.58. The molecule has 144 valence electrons. The van der Waals surface area contributed by atoms with Crippen molar-refractivity contribution < 1.29 is 19.1 Å². The molecule has 0 aliphatic carbocycles. The number of thiazole rings is 1. The summed E-state index contributed by atoms with van der Waals surface area (Å²) in [6.07, 6.45) is 2.28. The van der Waals surface area contributed by atoms with Gasteiger partial charge in [0.1, 0.15) is 4.88 Å². The standard InChI is InChI=1S/C19H23N3O4S/c1-4-6-7-15(23)21-14-10-8-13(9-11-14)17(24)22-19-20-12(3)16(27-19)18(25)26-5-2/h8-11H,4-7H2,1-3H3,(H,21,23)(H,20,22,24). The van der Waals surface area contributed by atoms with Crippen LogP contribution in [0.15, 0.2) is 24.3 Å². The van der Waals surface area contributed by atoms with Crippen molar-refractivity contribution in [1.82, 2.24) is 4.98 Å². The van der Waals surface area contributed by atoms with Crippen LogP contribution in [-0.4, -0.2) is 29.4 Å². The summed E-state index contributed by atoms with van der Waals surface area (Å²) >= 11 is 1.08. The zero-order valence-electron chi connectivity index (χ0n) is 15.6. The lowest BCUT2D eigenvalue weighted by molar-refractivity contribution is -0.116. The number of unbranched alkanes of at least 4 members (excludes halogenated alkanes) is 1. The van der Waals surface area contributed by atoms with Gasteiger partial charge in [-0.1, -0.05) is 24.7 Å². The quantitative estimate of drug-likeness (QED) is 0.665. The number of carbonyl (C=O) groups is 3. The molecule has 2 amide bonds. The number of rotatable bonds is 8. The van der Waals surface area contributed by atoms with E-state index in [9.17, 15) is 14.4 Å². The lowest BCUT2D eigenvalue weighted by Gasteiger charge is -2.06. The molecule has 1 heterocycles. The highest BCUT2D eigenvalue weighted by Gasteiger charge is 2.18. The van der Waals surface area contributed by atoms with Gasteiger partial charge >= 0.3 is 5.97 Å². The highest BCUT2D eigenvalue weighted by atomic mass is 32.1. The number of benzene rings is 1. The first-order valence-electron chi connectivity index (χ1n) is 8.80. The molecule has 2 rings (SSSR count). The molecule has 2 aromatic rings. The first-order valence-corrected chi connectivity index (χ1v) is 9.62. The predicted octanol–water partition coefficient (Wildman–Crippen LogP) is 4.01. The Kier molecular flexibility index (Phi) is 7.48. The summed E-state index contributed by atoms with van der Waals surface area (Å²) in [5.74, 6) is -0.835. The highest BCUT2D eigenvalue weighted by Crippen LogP contribution is 2.24. The number of nitrogens with zero attached hydrogens (tertiary/aromatic N) is 1. The van der Waals surface area contributed by atoms with Gasteiger partial charge in [-0.3, -0.25) is 14.9 Å². The van der Waals surface area contributed by atoms with E-state index in [-0.39, 0.29) is 18.4 Å². The molecule has 0 atom stereocenters. The molecule has 8 heteroatoms. The van der Waals surface area contributed by atoms with E-state index in [1.54, 1.807) is 38.1 Å². The van der Waals surface area contributed by atoms with E-state index >= 15 is 0 Å². The predicted molar refractivity (Wildman–Crippen MR) is 105 cm³/mol. The summed E-state index contributed by atoms with van der Waals surface area (Å²) in [6, 6.07) is 6.60. The van der Waals surface area contributed by atoms with Crippen LogP contribution in [0, 0.1) is 6.92 Å². The number of ether oxygens (including phenoxy) is 1. The number of carbonyl (C=O) groups excluding carboxylic acids is 3. The molecule has 27 heavy (non-hydrogen) atoms. The number of nitrogens with one attached hydrogen (secondary N) is 2. The Morgan fingerprint density at radius 3 is 2.44 bits per heavy atom. The number of hydrogen-bond acceptors (Lipinski definition) is 6. The second-order valence-corrected chi connectivity index (χ2v) is 6.84. The van der Waals surface area contributed by atoms with Gasteiger partial charge in [0, 0.05) is 17.7 Å². The minimum absolute atomic E-state index is 0.0428. The summed E-state index contributed by atoms with van der Waals surface area (Å²) in [4.78, 5) is 40.5. The lowest BCUT2D eigenvalue weighted by Crippen LogP contribution is -2.13. The number of hydrogen-bond donors (Lipinski definition) is 2. The SMILES string of the molecule is CCCCC(=O)Nc1ccc(C(=O)Nc2nc(C)c(C(=O)OCC)s2)cc1. The maximum absolute atomic E-state index is 12.4. The molecule has 1 aromatic carbocycles.